The predicted octanol–water partition coefficient (Wildman–Crippen LogP) is 6.96. The fourth-order valence-electron chi connectivity index (χ4n) is 6.96. The monoisotopic (exact) mass is 760 g/mol. The Kier molecular flexibility index (Phi) is 8.21. The van der Waals surface area contributed by atoms with Gasteiger partial charge < -0.3 is 9.47 Å². The van der Waals surface area contributed by atoms with Crippen LogP contribution in [0.4, 0.5) is 0 Å². The van der Waals surface area contributed by atoms with Crippen molar-refractivity contribution in [2.75, 3.05) is 0 Å². The van der Waals surface area contributed by atoms with Crippen LogP contribution in [0, 0.1) is 0 Å². The first kappa shape index (κ1) is 34.0. The minimum atomic E-state index is -2.32. The molecule has 0 spiro atoms. The third kappa shape index (κ3) is 5.45. The van der Waals surface area contributed by atoms with Gasteiger partial charge in [-0.25, -0.2) is 19.6 Å². The molecule has 55 heavy (non-hydrogen) atoms. The van der Waals surface area contributed by atoms with Crippen LogP contribution in [-0.2, 0) is 47.3 Å². The Labute approximate surface area is 320 Å². The van der Waals surface area contributed by atoms with E-state index in [1.54, 1.807) is 97.1 Å². The lowest BCUT2D eigenvalue weighted by Crippen LogP contribution is -2.46. The summed E-state index contributed by atoms with van der Waals surface area (Å²) in [6.45, 7) is -0.359. The smallest absolute Gasteiger partial charge is 0.336 e. The molecule has 2 heterocycles. The summed E-state index contributed by atoms with van der Waals surface area (Å²) in [6, 6.07) is 31.2. The highest BCUT2D eigenvalue weighted by molar-refractivity contribution is 7.23. The standard InChI is InChI=1S/C43H24N2O8S2/c46-33-27-17-9-7-15-25(27)29(35(33)48)19-31-44-39-37(54-31)38-40(45-32(55-38)20-30-26-16-8-10-18-28(26)34(47)36(30)49)43(39,41(50)52-21-23-11-3-1-4-12-23)42(51)53-22-24-13-5-2-6-14-24/h1-20H,21-22H2/b29-19-,30-20-. The fraction of sp³-hybridized carbons (Fsp3) is 0.0698. The normalized spacial score (nSPS) is 16.3. The average molecular weight is 761 g/mol. The van der Waals surface area contributed by atoms with Crippen molar-refractivity contribution in [3.05, 3.63) is 164 Å². The lowest BCUT2D eigenvalue weighted by molar-refractivity contribution is -0.164. The Hall–Kier alpha value is -6.76. The van der Waals surface area contributed by atoms with Crippen molar-refractivity contribution in [3.63, 3.8) is 0 Å². The minimum Gasteiger partial charge on any atom is -0.459 e. The van der Waals surface area contributed by atoms with Gasteiger partial charge in [-0.2, -0.15) is 0 Å². The van der Waals surface area contributed by atoms with Crippen LogP contribution < -0.4 is 0 Å². The van der Waals surface area contributed by atoms with Crippen LogP contribution in [0.15, 0.2) is 109 Å². The second-order valence-electron chi connectivity index (χ2n) is 12.9. The number of hydrogen-bond donors (Lipinski definition) is 0. The number of carbonyl (C=O) groups excluding carboxylic acids is 6. The fourth-order valence-corrected chi connectivity index (χ4v) is 9.22. The molecule has 4 aromatic carbocycles. The topological polar surface area (TPSA) is 147 Å². The molecule has 3 aliphatic carbocycles. The van der Waals surface area contributed by atoms with Crippen molar-refractivity contribution in [1.29, 1.82) is 0 Å². The number of carbonyl (C=O) groups is 6. The molecule has 0 aliphatic heterocycles. The molecule has 9 rings (SSSR count). The zero-order valence-corrected chi connectivity index (χ0v) is 30.1. The molecular formula is C43H24N2O8S2. The highest BCUT2D eigenvalue weighted by atomic mass is 32.1. The lowest BCUT2D eigenvalue weighted by atomic mass is 9.84. The van der Waals surface area contributed by atoms with Gasteiger partial charge in [-0.3, -0.25) is 19.2 Å². The van der Waals surface area contributed by atoms with E-state index in [1.165, 1.54) is 12.2 Å². The summed E-state index contributed by atoms with van der Waals surface area (Å²) in [5, 5.41) is 0.497. The van der Waals surface area contributed by atoms with Crippen molar-refractivity contribution < 1.29 is 38.2 Å². The number of fused-ring (bicyclic) bond motifs is 5. The predicted molar refractivity (Wildman–Crippen MR) is 204 cm³/mol. The molecule has 0 fully saturated rings. The van der Waals surface area contributed by atoms with E-state index in [0.29, 0.717) is 32.0 Å². The number of Topliss-reactive ketones (excluding diaryl/α,β-unsaturated/α-hetero) is 4. The Balaban J connectivity index is 1.22. The van der Waals surface area contributed by atoms with Gasteiger partial charge in [-0.05, 0) is 34.4 Å². The minimum absolute atomic E-state index is 0.0101. The number of hydrogen-bond acceptors (Lipinski definition) is 12. The molecule has 0 amide bonds. The summed E-state index contributed by atoms with van der Waals surface area (Å²) < 4.78 is 11.8. The van der Waals surface area contributed by atoms with Gasteiger partial charge in [0.25, 0.3) is 5.41 Å². The van der Waals surface area contributed by atoms with Gasteiger partial charge >= 0.3 is 11.9 Å². The van der Waals surface area contributed by atoms with E-state index in [9.17, 15) is 28.8 Å². The van der Waals surface area contributed by atoms with Crippen LogP contribution in [-0.4, -0.2) is 45.0 Å². The molecule has 10 nitrogen and oxygen atoms in total. The second kappa shape index (κ2) is 13.3. The summed E-state index contributed by atoms with van der Waals surface area (Å²) in [5.41, 5.74) is 0.748. The van der Waals surface area contributed by atoms with Crippen molar-refractivity contribution in [2.24, 2.45) is 0 Å². The Morgan fingerprint density at radius 1 is 0.509 bits per heavy atom. The first-order valence-corrected chi connectivity index (χ1v) is 18.6. The average Bonchev–Trinajstić information content (AvgIpc) is 3.99. The molecule has 0 atom stereocenters. The summed E-state index contributed by atoms with van der Waals surface area (Å²) in [6.07, 6.45) is 2.96. The summed E-state index contributed by atoms with van der Waals surface area (Å²) in [4.78, 5) is 91.9. The first-order valence-electron chi connectivity index (χ1n) is 17.0. The van der Waals surface area contributed by atoms with Crippen LogP contribution in [0.3, 0.4) is 0 Å². The Bertz CT molecular complexity index is 2540. The maximum absolute atomic E-state index is 14.7. The van der Waals surface area contributed by atoms with Crippen molar-refractivity contribution in [1.82, 2.24) is 9.97 Å². The van der Waals surface area contributed by atoms with Gasteiger partial charge in [0.2, 0.25) is 23.1 Å². The maximum atomic E-state index is 14.7. The number of aromatic nitrogens is 2. The van der Waals surface area contributed by atoms with Gasteiger partial charge in [-0.15, -0.1) is 22.7 Å². The van der Waals surface area contributed by atoms with Crippen molar-refractivity contribution >= 4 is 81.0 Å². The molecule has 12 heteroatoms. The van der Waals surface area contributed by atoms with Crippen molar-refractivity contribution in [3.8, 4) is 9.75 Å². The quantitative estimate of drug-likeness (QED) is 0.0690. The SMILES string of the molecule is O=C1C(=O)c2ccccc2/C1=C/c1nc2c(s1)-c1sc(/C=C3\C(=O)C(=O)c4ccccc43)nc1C2(C(=O)OCc1ccccc1)C(=O)OCc1ccccc1. The van der Waals surface area contributed by atoms with E-state index in [4.69, 9.17) is 19.4 Å². The molecule has 0 saturated heterocycles. The summed E-state index contributed by atoms with van der Waals surface area (Å²) in [7, 11) is 0. The van der Waals surface area contributed by atoms with Crippen LogP contribution in [0.5, 0.6) is 0 Å². The molecule has 0 saturated carbocycles. The zero-order valence-electron chi connectivity index (χ0n) is 28.4. The molecule has 0 N–H and O–H groups in total. The number of thiazole rings is 2. The molecule has 0 unspecified atom stereocenters. The van der Waals surface area contributed by atoms with Crippen molar-refractivity contribution in [2.45, 2.75) is 18.6 Å². The van der Waals surface area contributed by atoms with Gasteiger partial charge in [0.05, 0.1) is 21.1 Å². The summed E-state index contributed by atoms with van der Waals surface area (Å²) in [5.74, 6) is -4.65. The van der Waals surface area contributed by atoms with Crippen LogP contribution in [0.2, 0.25) is 0 Å². The highest BCUT2D eigenvalue weighted by Crippen LogP contribution is 2.55. The van der Waals surface area contributed by atoms with Crippen LogP contribution in [0.1, 0.15) is 64.4 Å². The molecular weight excluding hydrogens is 737 g/mol. The molecule has 3 aliphatic rings. The van der Waals surface area contributed by atoms with Crippen LogP contribution >= 0.6 is 22.7 Å². The lowest BCUT2D eigenvalue weighted by Gasteiger charge is -2.24. The molecule has 0 bridgehead atoms. The summed E-state index contributed by atoms with van der Waals surface area (Å²) >= 11 is 2.21. The Morgan fingerprint density at radius 2 is 0.873 bits per heavy atom. The Morgan fingerprint density at radius 3 is 1.27 bits per heavy atom. The number of rotatable bonds is 8. The second-order valence-corrected chi connectivity index (χ2v) is 14.9. The number of allylic oxidation sites excluding steroid dienone is 2. The number of ketones is 4. The van der Waals surface area contributed by atoms with Gasteiger partial charge in [-0.1, -0.05) is 109 Å². The van der Waals surface area contributed by atoms with Gasteiger partial charge in [0.1, 0.15) is 23.2 Å². The number of esters is 2. The first-order chi connectivity index (χ1) is 26.8. The molecule has 2 aromatic heterocycles. The third-order valence-corrected chi connectivity index (χ3v) is 11.8. The van der Waals surface area contributed by atoms with E-state index in [2.05, 4.69) is 0 Å². The molecule has 0 radical (unpaired) electrons. The van der Waals surface area contributed by atoms with Gasteiger partial charge in [0, 0.05) is 22.3 Å². The zero-order chi connectivity index (χ0) is 37.8. The maximum Gasteiger partial charge on any atom is 0.336 e. The van der Waals surface area contributed by atoms with E-state index >= 15 is 0 Å². The van der Waals surface area contributed by atoms with E-state index in [1.807, 2.05) is 12.1 Å². The molecule has 266 valence electrons. The molecule has 6 aromatic rings. The third-order valence-electron chi connectivity index (χ3n) is 9.60. The number of benzene rings is 4. The number of nitrogens with zero attached hydrogens (tertiary/aromatic N) is 2. The van der Waals surface area contributed by atoms with E-state index < -0.39 is 40.5 Å². The van der Waals surface area contributed by atoms with Crippen LogP contribution in [0.25, 0.3) is 33.1 Å². The van der Waals surface area contributed by atoms with E-state index in [-0.39, 0.29) is 56.9 Å². The van der Waals surface area contributed by atoms with E-state index in [0.717, 1.165) is 22.7 Å². The van der Waals surface area contributed by atoms with Gasteiger partial charge in [0.15, 0.2) is 0 Å². The largest absolute Gasteiger partial charge is 0.459 e. The number of ether oxygens (including phenoxy) is 2. The highest BCUT2D eigenvalue weighted by Gasteiger charge is 2.63.